The standard InChI is InChI=1S/2C6H14.3C5H12O/c1-5-6(2,3)4;1-3-5-6-4-2;2*1-3-4-5(2)6;1-3-5(6)4-2/h5H2,1-4H3;3-6H2,1-2H3;3*5-6H,3-4H2,1-2H3. The van der Waals surface area contributed by atoms with E-state index in [1.54, 1.807) is 0 Å². The van der Waals surface area contributed by atoms with Crippen LogP contribution in [0.2, 0.25) is 0 Å². The minimum Gasteiger partial charge on any atom is -0.393 e. The smallest absolute Gasteiger partial charge is 0.0535 e. The van der Waals surface area contributed by atoms with Gasteiger partial charge in [0, 0.05) is 0 Å². The van der Waals surface area contributed by atoms with E-state index in [4.69, 9.17) is 15.3 Å². The van der Waals surface area contributed by atoms with Crippen LogP contribution in [0.5, 0.6) is 0 Å². The highest BCUT2D eigenvalue weighted by Gasteiger charge is 2.03. The van der Waals surface area contributed by atoms with Crippen molar-refractivity contribution in [3.8, 4) is 0 Å². The maximum atomic E-state index is 8.67. The Bertz CT molecular complexity index is 227. The lowest BCUT2D eigenvalue weighted by Gasteiger charge is -2.12. The molecule has 0 rings (SSSR count). The summed E-state index contributed by atoms with van der Waals surface area (Å²) in [4.78, 5) is 0. The van der Waals surface area contributed by atoms with Crippen molar-refractivity contribution in [2.24, 2.45) is 5.41 Å². The molecule has 30 heavy (non-hydrogen) atoms. The summed E-state index contributed by atoms with van der Waals surface area (Å²) < 4.78 is 0. The van der Waals surface area contributed by atoms with Crippen molar-refractivity contribution in [2.75, 3.05) is 0 Å². The van der Waals surface area contributed by atoms with E-state index >= 15 is 0 Å². The first-order valence-corrected chi connectivity index (χ1v) is 12.9. The first-order valence-electron chi connectivity index (χ1n) is 12.9. The zero-order valence-electron chi connectivity index (χ0n) is 23.4. The summed E-state index contributed by atoms with van der Waals surface area (Å²) in [5.41, 5.74) is 0.542. The molecule has 0 spiro atoms. The van der Waals surface area contributed by atoms with Crippen LogP contribution in [-0.4, -0.2) is 33.6 Å². The van der Waals surface area contributed by atoms with E-state index in [2.05, 4.69) is 55.4 Å². The summed E-state index contributed by atoms with van der Waals surface area (Å²) in [6.07, 6.45) is 12.3. The van der Waals surface area contributed by atoms with E-state index in [0.717, 1.165) is 38.5 Å². The minimum absolute atomic E-state index is 0.0648. The summed E-state index contributed by atoms with van der Waals surface area (Å²) in [5, 5.41) is 25.8. The number of aliphatic hydroxyl groups is 3. The van der Waals surface area contributed by atoms with Gasteiger partial charge in [0.15, 0.2) is 0 Å². The normalized spacial score (nSPS) is 12.0. The zero-order valence-corrected chi connectivity index (χ0v) is 23.4. The third-order valence-electron chi connectivity index (χ3n) is 4.37. The maximum absolute atomic E-state index is 8.67. The van der Waals surface area contributed by atoms with Crippen molar-refractivity contribution in [3.05, 3.63) is 0 Å². The molecule has 3 N–H and O–H groups in total. The van der Waals surface area contributed by atoms with Crippen molar-refractivity contribution >= 4 is 0 Å². The van der Waals surface area contributed by atoms with Crippen LogP contribution in [0.3, 0.4) is 0 Å². The van der Waals surface area contributed by atoms with Crippen LogP contribution in [0.4, 0.5) is 0 Å². The van der Waals surface area contributed by atoms with E-state index in [0.29, 0.717) is 5.41 Å². The molecule has 0 aromatic heterocycles. The summed E-state index contributed by atoms with van der Waals surface area (Å²) in [6, 6.07) is 0. The van der Waals surface area contributed by atoms with Crippen LogP contribution in [0, 0.1) is 5.41 Å². The van der Waals surface area contributed by atoms with E-state index < -0.39 is 0 Å². The van der Waals surface area contributed by atoms with Gasteiger partial charge in [-0.25, -0.2) is 0 Å². The van der Waals surface area contributed by atoms with Gasteiger partial charge < -0.3 is 15.3 Å². The van der Waals surface area contributed by atoms with Crippen molar-refractivity contribution in [2.45, 2.75) is 172 Å². The highest BCUT2D eigenvalue weighted by atomic mass is 16.3. The Balaban J connectivity index is -0.0000000868. The molecule has 190 valence electrons. The second-order valence-electron chi connectivity index (χ2n) is 9.37. The average Bonchev–Trinajstić information content (AvgIpc) is 2.66. The lowest BCUT2D eigenvalue weighted by molar-refractivity contribution is 0.166. The Labute approximate surface area is 193 Å². The Hall–Kier alpha value is -0.120. The topological polar surface area (TPSA) is 60.7 Å². The molecule has 0 radical (unpaired) electrons. The van der Waals surface area contributed by atoms with Gasteiger partial charge in [-0.3, -0.25) is 0 Å². The van der Waals surface area contributed by atoms with Crippen molar-refractivity contribution < 1.29 is 15.3 Å². The van der Waals surface area contributed by atoms with E-state index in [9.17, 15) is 0 Å². The molecular weight excluding hydrogens is 372 g/mol. The van der Waals surface area contributed by atoms with Crippen LogP contribution < -0.4 is 0 Å². The van der Waals surface area contributed by atoms with Crippen molar-refractivity contribution in [1.29, 1.82) is 0 Å². The molecule has 3 nitrogen and oxygen atoms in total. The molecule has 0 saturated heterocycles. The quantitative estimate of drug-likeness (QED) is 0.317. The van der Waals surface area contributed by atoms with Crippen LogP contribution in [0.15, 0.2) is 0 Å². The molecule has 0 aliphatic rings. The number of rotatable bonds is 9. The lowest BCUT2D eigenvalue weighted by atomic mass is 9.94. The molecule has 0 aliphatic heterocycles. The molecule has 0 aromatic rings. The zero-order chi connectivity index (χ0) is 25.0. The molecule has 0 amide bonds. The molecular formula is C27H64O3. The monoisotopic (exact) mass is 436 g/mol. The van der Waals surface area contributed by atoms with Gasteiger partial charge in [0.2, 0.25) is 0 Å². The van der Waals surface area contributed by atoms with E-state index in [1.807, 2.05) is 27.7 Å². The number of hydrogen-bond donors (Lipinski definition) is 3. The van der Waals surface area contributed by atoms with Crippen LogP contribution in [-0.2, 0) is 0 Å². The number of unbranched alkanes of at least 4 members (excludes halogenated alkanes) is 3. The Morgan fingerprint density at radius 3 is 0.867 bits per heavy atom. The van der Waals surface area contributed by atoms with Gasteiger partial charge in [0.1, 0.15) is 0 Å². The largest absolute Gasteiger partial charge is 0.393 e. The van der Waals surface area contributed by atoms with Gasteiger partial charge >= 0.3 is 0 Å². The average molecular weight is 437 g/mol. The molecule has 0 bridgehead atoms. The fourth-order valence-corrected chi connectivity index (χ4v) is 1.62. The van der Waals surface area contributed by atoms with Gasteiger partial charge in [0.25, 0.3) is 0 Å². The van der Waals surface area contributed by atoms with E-state index in [-0.39, 0.29) is 18.3 Å². The predicted octanol–water partition coefficient (Wildman–Crippen LogP) is 8.53. The molecule has 0 heterocycles. The van der Waals surface area contributed by atoms with E-state index in [1.165, 1.54) is 32.1 Å². The second-order valence-corrected chi connectivity index (χ2v) is 9.37. The Kier molecular flexibility index (Phi) is 45.0. The van der Waals surface area contributed by atoms with Crippen molar-refractivity contribution in [1.82, 2.24) is 0 Å². The van der Waals surface area contributed by atoms with Gasteiger partial charge in [-0.1, -0.05) is 114 Å². The predicted molar refractivity (Wildman–Crippen MR) is 139 cm³/mol. The number of hydrogen-bond acceptors (Lipinski definition) is 3. The molecule has 3 heteroatoms. The summed E-state index contributed by atoms with van der Waals surface area (Å²) >= 11 is 0. The highest BCUT2D eigenvalue weighted by Crippen LogP contribution is 2.16. The molecule has 0 aromatic carbocycles. The molecule has 0 saturated carbocycles. The summed E-state index contributed by atoms with van der Waals surface area (Å²) in [7, 11) is 0. The first kappa shape index (κ1) is 40.3. The summed E-state index contributed by atoms with van der Waals surface area (Å²) in [5.74, 6) is 0. The lowest BCUT2D eigenvalue weighted by Crippen LogP contribution is -2.00. The fourth-order valence-electron chi connectivity index (χ4n) is 1.62. The Morgan fingerprint density at radius 2 is 0.833 bits per heavy atom. The maximum Gasteiger partial charge on any atom is 0.0535 e. The first-order chi connectivity index (χ1) is 13.8. The Morgan fingerprint density at radius 1 is 0.567 bits per heavy atom. The molecule has 2 atom stereocenters. The SMILES string of the molecule is CCC(C)(C)C.CCC(O)CC.CCCC(C)O.CCCC(C)O.CCCCCC. The second kappa shape index (κ2) is 33.5. The minimum atomic E-state index is -0.102. The molecule has 0 aliphatic carbocycles. The van der Waals surface area contributed by atoms with Gasteiger partial charge in [-0.15, -0.1) is 0 Å². The number of aliphatic hydroxyl groups excluding tert-OH is 3. The third kappa shape index (κ3) is 79.9. The van der Waals surface area contributed by atoms with Crippen LogP contribution in [0.1, 0.15) is 154 Å². The summed E-state index contributed by atoms with van der Waals surface area (Å²) in [6.45, 7) is 25.1. The molecule has 0 fully saturated rings. The highest BCUT2D eigenvalue weighted by molar-refractivity contribution is 4.55. The van der Waals surface area contributed by atoms with Crippen LogP contribution in [0.25, 0.3) is 0 Å². The third-order valence-corrected chi connectivity index (χ3v) is 4.37. The molecule has 2 unspecified atom stereocenters. The van der Waals surface area contributed by atoms with Gasteiger partial charge in [-0.2, -0.15) is 0 Å². The van der Waals surface area contributed by atoms with Crippen molar-refractivity contribution in [3.63, 3.8) is 0 Å². The van der Waals surface area contributed by atoms with Crippen LogP contribution >= 0.6 is 0 Å². The van der Waals surface area contributed by atoms with Gasteiger partial charge in [0.05, 0.1) is 18.3 Å². The van der Waals surface area contributed by atoms with Gasteiger partial charge in [-0.05, 0) is 44.9 Å². The fraction of sp³-hybridized carbons (Fsp3) is 1.00.